The van der Waals surface area contributed by atoms with E-state index in [9.17, 15) is 45.5 Å². The Bertz CT molecular complexity index is 2890. The summed E-state index contributed by atoms with van der Waals surface area (Å²) in [6.45, 7) is 3.58. The molecule has 2 aromatic carbocycles. The van der Waals surface area contributed by atoms with Gasteiger partial charge in [-0.25, -0.2) is 9.13 Å². The number of pyridine rings is 2. The van der Waals surface area contributed by atoms with Gasteiger partial charge in [-0.15, -0.1) is 22.7 Å². The lowest BCUT2D eigenvalue weighted by Crippen LogP contribution is -2.42. The molecule has 0 fully saturated rings. The normalized spacial score (nSPS) is 12.4. The smallest absolute Gasteiger partial charge is 0.430 e. The highest BCUT2D eigenvalue weighted by atomic mass is 32.1. The first-order valence-electron chi connectivity index (χ1n) is 22.8. The number of ether oxygens (including phenoxy) is 2. The standard InChI is InChI=1S/2C24H26N4O3S.2C2HF3O2/c2*1-15(19(24(30)31-3)12-16-7-6-8-17(11-16)22(25)26)27-23(29)21-13-18(14-32-21)20-9-4-5-10-28(20)2;2*3-2(4,5)1(6)7/h2*4-11,13-15,19H,12H2,1-3H3,(H3-,25,26,27,29);2*(H,6,7)/t2*15-,19-;;/m11../s1. The molecule has 0 spiro atoms. The Morgan fingerprint density at radius 2 is 0.923 bits per heavy atom. The summed E-state index contributed by atoms with van der Waals surface area (Å²) in [7, 11) is 6.58. The molecular formula is C52H54F6N8O10S2. The van der Waals surface area contributed by atoms with Gasteiger partial charge in [0.1, 0.15) is 37.7 Å². The van der Waals surface area contributed by atoms with Crippen LogP contribution in [-0.2, 0) is 55.6 Å². The number of nitrogens with two attached hydrogens (primary N) is 2. The molecule has 4 aromatic heterocycles. The molecule has 0 bridgehead atoms. The number of alkyl halides is 6. The Hall–Kier alpha value is -8.52. The Morgan fingerprint density at radius 1 is 0.590 bits per heavy atom. The maximum absolute atomic E-state index is 12.9. The number of esters is 2. The average Bonchev–Trinajstić information content (AvgIpc) is 4.09. The number of amidine groups is 2. The highest BCUT2D eigenvalue weighted by Gasteiger charge is 2.32. The molecule has 18 nitrogen and oxygen atoms in total. The van der Waals surface area contributed by atoms with Crippen molar-refractivity contribution >= 4 is 70.0 Å². The van der Waals surface area contributed by atoms with Crippen LogP contribution in [0, 0.1) is 22.7 Å². The zero-order valence-corrected chi connectivity index (χ0v) is 44.1. The molecule has 2 amide bonds. The monoisotopic (exact) mass is 1130 g/mol. The number of carboxylic acid groups (broad SMARTS) is 2. The molecule has 4 atom stereocenters. The lowest BCUT2D eigenvalue weighted by Gasteiger charge is -2.23. The first-order chi connectivity index (χ1) is 36.5. The number of rotatable bonds is 16. The molecule has 416 valence electrons. The molecule has 26 heteroatoms. The van der Waals surface area contributed by atoms with E-state index in [2.05, 4.69) is 10.6 Å². The first kappa shape index (κ1) is 63.8. The molecule has 78 heavy (non-hydrogen) atoms. The number of hydrogen-bond acceptors (Lipinski definition) is 14. The van der Waals surface area contributed by atoms with Crippen LogP contribution in [0.3, 0.4) is 0 Å². The number of halogens is 6. The third-order valence-electron chi connectivity index (χ3n) is 11.1. The molecule has 8 N–H and O–H groups in total. The summed E-state index contributed by atoms with van der Waals surface area (Å²) < 4.78 is 77.1. The van der Waals surface area contributed by atoms with Gasteiger partial charge in [0.05, 0.1) is 46.9 Å². The SMILES string of the molecule is COC(=O)[C@H](Cc1cccc(C(=N)N)c1)[C@@H](C)NC(=O)c1cc(-c2cccc[n+]2C)cs1.COC(=O)[C@H](Cc1cccc(C(=N)N)c1)[C@@H](C)NC(=O)c1cc(-c2cccc[n+]2C)cs1.O=C([O-])C(F)(F)F.O=C([O-])C(F)(F)F. The van der Waals surface area contributed by atoms with Gasteiger partial charge in [0, 0.05) is 58.2 Å². The number of aryl methyl sites for hydroxylation is 2. The fraction of sp³-hybridized carbons (Fsp3) is 0.269. The van der Waals surface area contributed by atoms with Crippen LogP contribution in [0.5, 0.6) is 0 Å². The van der Waals surface area contributed by atoms with Gasteiger partial charge in [0.2, 0.25) is 11.4 Å². The van der Waals surface area contributed by atoms with Gasteiger partial charge in [-0.05, 0) is 74.2 Å². The molecule has 0 saturated carbocycles. The van der Waals surface area contributed by atoms with Crippen LogP contribution in [0.25, 0.3) is 22.5 Å². The van der Waals surface area contributed by atoms with Crippen molar-refractivity contribution in [2.75, 3.05) is 14.2 Å². The van der Waals surface area contributed by atoms with E-state index in [1.165, 1.54) is 36.9 Å². The number of carboxylic acids is 2. The molecule has 0 aliphatic rings. The van der Waals surface area contributed by atoms with E-state index in [1.807, 2.05) is 107 Å². The van der Waals surface area contributed by atoms with Gasteiger partial charge in [0.15, 0.2) is 12.4 Å². The summed E-state index contributed by atoms with van der Waals surface area (Å²) in [5.41, 5.74) is 17.9. The quantitative estimate of drug-likeness (QED) is 0.0264. The van der Waals surface area contributed by atoms with E-state index in [-0.39, 0.29) is 23.5 Å². The van der Waals surface area contributed by atoms with Crippen molar-refractivity contribution in [1.29, 1.82) is 10.8 Å². The number of nitrogen functional groups attached to an aromatic ring is 2. The third kappa shape index (κ3) is 19.6. The first-order valence-corrected chi connectivity index (χ1v) is 24.5. The van der Waals surface area contributed by atoms with Crippen molar-refractivity contribution in [3.05, 3.63) is 152 Å². The van der Waals surface area contributed by atoms with Crippen LogP contribution in [0.2, 0.25) is 0 Å². The molecule has 0 saturated heterocycles. The molecule has 6 rings (SSSR count). The van der Waals surface area contributed by atoms with Crippen molar-refractivity contribution in [3.63, 3.8) is 0 Å². The molecule has 0 aliphatic carbocycles. The zero-order valence-electron chi connectivity index (χ0n) is 42.5. The van der Waals surface area contributed by atoms with E-state index >= 15 is 0 Å². The van der Waals surface area contributed by atoms with E-state index < -0.39 is 60.1 Å². The minimum Gasteiger partial charge on any atom is -0.542 e. The predicted molar refractivity (Wildman–Crippen MR) is 271 cm³/mol. The minimum absolute atomic E-state index is 0.0388. The predicted octanol–water partition coefficient (Wildman–Crippen LogP) is 3.94. The van der Waals surface area contributed by atoms with Gasteiger partial charge in [-0.1, -0.05) is 36.4 Å². The van der Waals surface area contributed by atoms with Crippen LogP contribution in [0.4, 0.5) is 26.3 Å². The van der Waals surface area contributed by atoms with E-state index in [1.54, 1.807) is 50.2 Å². The molecular weight excluding hydrogens is 1070 g/mol. The second-order valence-electron chi connectivity index (χ2n) is 16.8. The maximum Gasteiger partial charge on any atom is 0.430 e. The lowest BCUT2D eigenvalue weighted by atomic mass is 9.92. The number of thiophene rings is 2. The molecule has 6 aromatic rings. The summed E-state index contributed by atoms with van der Waals surface area (Å²) >= 11 is 2.72. The Kier molecular flexibility index (Phi) is 23.8. The number of nitrogens with zero attached hydrogens (tertiary/aromatic N) is 2. The number of aliphatic carboxylic acids is 2. The Balaban J connectivity index is 0.000000329. The van der Waals surface area contributed by atoms with E-state index in [4.69, 9.17) is 51.6 Å². The second kappa shape index (κ2) is 29.1. The van der Waals surface area contributed by atoms with Gasteiger partial charge in [0.25, 0.3) is 11.8 Å². The fourth-order valence-corrected chi connectivity index (χ4v) is 8.66. The number of carbonyl (C=O) groups excluding carboxylic acids is 6. The number of benzene rings is 2. The summed E-state index contributed by atoms with van der Waals surface area (Å²) in [4.78, 5) is 69.4. The number of hydrogen-bond donors (Lipinski definition) is 6. The molecule has 4 heterocycles. The average molecular weight is 1130 g/mol. The number of aromatic nitrogens is 2. The van der Waals surface area contributed by atoms with Crippen molar-refractivity contribution < 1.29 is 83.9 Å². The molecule has 0 unspecified atom stereocenters. The van der Waals surface area contributed by atoms with Crippen LogP contribution < -0.4 is 41.4 Å². The van der Waals surface area contributed by atoms with Gasteiger partial charge in [-0.2, -0.15) is 26.3 Å². The number of amides is 2. The van der Waals surface area contributed by atoms with Gasteiger partial charge >= 0.3 is 24.3 Å². The highest BCUT2D eigenvalue weighted by molar-refractivity contribution is 7.12. The Labute approximate surface area is 451 Å². The number of nitrogens with one attached hydrogen (secondary N) is 4. The van der Waals surface area contributed by atoms with Crippen LogP contribution in [0.1, 0.15) is 55.4 Å². The van der Waals surface area contributed by atoms with Crippen molar-refractivity contribution in [2.45, 2.75) is 51.1 Å². The highest BCUT2D eigenvalue weighted by Crippen LogP contribution is 2.26. The van der Waals surface area contributed by atoms with Crippen LogP contribution in [-0.4, -0.2) is 86.0 Å². The molecule has 0 radical (unpaired) electrons. The largest absolute Gasteiger partial charge is 0.542 e. The number of carbonyl (C=O) groups is 6. The fourth-order valence-electron chi connectivity index (χ4n) is 7.05. The van der Waals surface area contributed by atoms with E-state index in [0.717, 1.165) is 33.6 Å². The minimum atomic E-state index is -5.19. The third-order valence-corrected chi connectivity index (χ3v) is 13.0. The summed E-state index contributed by atoms with van der Waals surface area (Å²) in [6, 6.07) is 28.9. The Morgan fingerprint density at radius 3 is 1.21 bits per heavy atom. The van der Waals surface area contributed by atoms with Gasteiger partial charge in [-0.3, -0.25) is 30.0 Å². The zero-order chi connectivity index (χ0) is 58.7. The van der Waals surface area contributed by atoms with Crippen LogP contribution in [0.15, 0.2) is 120 Å². The second-order valence-corrected chi connectivity index (χ2v) is 18.6. The van der Waals surface area contributed by atoms with Crippen molar-refractivity contribution in [3.8, 4) is 22.5 Å². The lowest BCUT2D eigenvalue weighted by molar-refractivity contribution is -0.660. The summed E-state index contributed by atoms with van der Waals surface area (Å²) in [5, 5.41) is 42.6. The van der Waals surface area contributed by atoms with Crippen molar-refractivity contribution in [2.24, 2.45) is 37.4 Å². The van der Waals surface area contributed by atoms with Crippen LogP contribution >= 0.6 is 22.7 Å². The van der Waals surface area contributed by atoms with E-state index in [0.29, 0.717) is 33.7 Å². The molecule has 0 aliphatic heterocycles. The number of methoxy groups -OCH3 is 2. The van der Waals surface area contributed by atoms with Gasteiger partial charge < -0.3 is 51.4 Å². The maximum atomic E-state index is 12.9. The summed E-state index contributed by atoms with van der Waals surface area (Å²) in [5.74, 6) is -8.55. The topological polar surface area (TPSA) is 299 Å². The summed E-state index contributed by atoms with van der Waals surface area (Å²) in [6.07, 6.45) is -5.77. The van der Waals surface area contributed by atoms with Crippen molar-refractivity contribution in [1.82, 2.24) is 10.6 Å².